The second kappa shape index (κ2) is 5.03. The van der Waals surface area contributed by atoms with Crippen LogP contribution in [-0.2, 0) is 13.0 Å². The molecule has 0 spiro atoms. The van der Waals surface area contributed by atoms with Crippen LogP contribution in [0, 0.1) is 0 Å². The molecule has 2 rings (SSSR count). The van der Waals surface area contributed by atoms with Crippen molar-refractivity contribution < 1.29 is 9.90 Å². The van der Waals surface area contributed by atoms with E-state index in [-0.39, 0.29) is 12.5 Å². The van der Waals surface area contributed by atoms with Gasteiger partial charge in [-0.1, -0.05) is 0 Å². The number of nitrogens with two attached hydrogens (primary N) is 1. The molecule has 5 nitrogen and oxygen atoms in total. The maximum absolute atomic E-state index is 11.5. The normalized spacial score (nSPS) is 15.6. The van der Waals surface area contributed by atoms with Gasteiger partial charge < -0.3 is 16.2 Å². The van der Waals surface area contributed by atoms with E-state index in [1.165, 1.54) is 4.88 Å². The summed E-state index contributed by atoms with van der Waals surface area (Å²) in [7, 11) is 1.80. The smallest absolute Gasteiger partial charge is 0.251 e. The number of carbonyl (C=O) groups is 1. The number of carbonyl (C=O) groups excluding carboxylic acids is 1. The number of rotatable bonds is 4. The molecule has 0 bridgehead atoms. The maximum Gasteiger partial charge on any atom is 0.251 e. The van der Waals surface area contributed by atoms with E-state index in [0.717, 1.165) is 30.1 Å². The fourth-order valence-electron chi connectivity index (χ4n) is 2.23. The van der Waals surface area contributed by atoms with Crippen LogP contribution in [0.3, 0.4) is 0 Å². The Kier molecular flexibility index (Phi) is 3.66. The number of anilines is 1. The maximum atomic E-state index is 11.5. The van der Waals surface area contributed by atoms with Gasteiger partial charge in [0, 0.05) is 31.6 Å². The molecule has 0 radical (unpaired) electrons. The average Bonchev–Trinajstić information content (AvgIpc) is 2.67. The highest BCUT2D eigenvalue weighted by Crippen LogP contribution is 2.36. The van der Waals surface area contributed by atoms with Crippen molar-refractivity contribution in [1.29, 1.82) is 0 Å². The molecule has 1 amide bonds. The number of amides is 1. The Bertz CT molecular complexity index is 431. The Balaban J connectivity index is 2.31. The topological polar surface area (TPSA) is 78.6 Å². The Labute approximate surface area is 104 Å². The predicted octanol–water partition coefficient (Wildman–Crippen LogP) is 0.239. The Morgan fingerprint density at radius 2 is 2.41 bits per heavy atom. The zero-order valence-corrected chi connectivity index (χ0v) is 10.6. The third kappa shape index (κ3) is 2.29. The number of aliphatic hydroxyl groups excluding tert-OH is 1. The van der Waals surface area contributed by atoms with Gasteiger partial charge >= 0.3 is 0 Å². The zero-order valence-electron chi connectivity index (χ0n) is 9.82. The van der Waals surface area contributed by atoms with Crippen molar-refractivity contribution in [2.75, 3.05) is 32.1 Å². The lowest BCUT2D eigenvalue weighted by molar-refractivity contribution is 0.0999. The van der Waals surface area contributed by atoms with E-state index in [0.29, 0.717) is 12.1 Å². The fourth-order valence-corrected chi connectivity index (χ4v) is 3.47. The van der Waals surface area contributed by atoms with E-state index in [1.54, 1.807) is 18.4 Å². The summed E-state index contributed by atoms with van der Waals surface area (Å²) in [5.41, 5.74) is 7.16. The van der Waals surface area contributed by atoms with Gasteiger partial charge in [0.15, 0.2) is 0 Å². The highest BCUT2D eigenvalue weighted by atomic mass is 32.1. The molecule has 1 aliphatic rings. The van der Waals surface area contributed by atoms with Gasteiger partial charge in [0.25, 0.3) is 5.91 Å². The molecule has 0 fully saturated rings. The lowest BCUT2D eigenvalue weighted by Crippen LogP contribution is -2.32. The first-order chi connectivity index (χ1) is 8.17. The number of thiophene rings is 1. The highest BCUT2D eigenvalue weighted by molar-refractivity contribution is 7.16. The Morgan fingerprint density at radius 3 is 3.00 bits per heavy atom. The molecule has 0 aliphatic carbocycles. The number of nitrogens with one attached hydrogen (secondary N) is 1. The number of primary amides is 1. The molecule has 0 saturated heterocycles. The monoisotopic (exact) mass is 255 g/mol. The minimum Gasteiger partial charge on any atom is -0.395 e. The third-order valence-electron chi connectivity index (χ3n) is 3.03. The standard InChI is InChI=1S/C11H17N3O2S/c1-13-11-9(10(12)16)7-2-3-14(4-5-15)6-8(7)17-11/h13,15H,2-6H2,1H3,(H2,12,16). The molecule has 0 aromatic carbocycles. The van der Waals surface area contributed by atoms with Gasteiger partial charge in [0.1, 0.15) is 5.00 Å². The molecule has 1 aromatic heterocycles. The summed E-state index contributed by atoms with van der Waals surface area (Å²) in [6, 6.07) is 0. The summed E-state index contributed by atoms with van der Waals surface area (Å²) in [4.78, 5) is 14.8. The van der Waals surface area contributed by atoms with Gasteiger partial charge in [-0.05, 0) is 12.0 Å². The minimum atomic E-state index is -0.359. The Hall–Kier alpha value is -1.11. The number of fused-ring (bicyclic) bond motifs is 1. The van der Waals surface area contributed by atoms with Gasteiger partial charge in [0.2, 0.25) is 0 Å². The van der Waals surface area contributed by atoms with Gasteiger partial charge in [-0.3, -0.25) is 9.69 Å². The first kappa shape index (κ1) is 12.3. The molecule has 0 saturated carbocycles. The van der Waals surface area contributed by atoms with Gasteiger partial charge in [-0.2, -0.15) is 0 Å². The predicted molar refractivity (Wildman–Crippen MR) is 68.5 cm³/mol. The number of β-amino-alcohol motifs (C(OH)–C–C–N with tert-alkyl or cyclic N) is 1. The van der Waals surface area contributed by atoms with Crippen molar-refractivity contribution in [2.24, 2.45) is 5.73 Å². The summed E-state index contributed by atoms with van der Waals surface area (Å²) in [6.07, 6.45) is 0.825. The summed E-state index contributed by atoms with van der Waals surface area (Å²) in [6.45, 7) is 2.51. The van der Waals surface area contributed by atoms with E-state index >= 15 is 0 Å². The lowest BCUT2D eigenvalue weighted by Gasteiger charge is -2.25. The van der Waals surface area contributed by atoms with Crippen LogP contribution in [0.15, 0.2) is 0 Å². The second-order valence-electron chi connectivity index (χ2n) is 4.07. The lowest BCUT2D eigenvalue weighted by atomic mass is 10.0. The molecule has 0 atom stereocenters. The van der Waals surface area contributed by atoms with Crippen molar-refractivity contribution in [3.8, 4) is 0 Å². The van der Waals surface area contributed by atoms with Gasteiger partial charge in [-0.25, -0.2) is 0 Å². The zero-order chi connectivity index (χ0) is 12.4. The van der Waals surface area contributed by atoms with Crippen LogP contribution >= 0.6 is 11.3 Å². The summed E-state index contributed by atoms with van der Waals surface area (Å²) in [5, 5.41) is 12.8. The van der Waals surface area contributed by atoms with Crippen molar-refractivity contribution in [2.45, 2.75) is 13.0 Å². The Morgan fingerprint density at radius 1 is 1.65 bits per heavy atom. The van der Waals surface area contributed by atoms with Crippen LogP contribution in [-0.4, -0.2) is 42.7 Å². The molecule has 1 aliphatic heterocycles. The van der Waals surface area contributed by atoms with Crippen LogP contribution < -0.4 is 11.1 Å². The molecular formula is C11H17N3O2S. The first-order valence-electron chi connectivity index (χ1n) is 5.62. The molecule has 4 N–H and O–H groups in total. The van der Waals surface area contributed by atoms with E-state index in [9.17, 15) is 4.79 Å². The number of aliphatic hydroxyl groups is 1. The quantitative estimate of drug-likeness (QED) is 0.720. The molecule has 0 unspecified atom stereocenters. The third-order valence-corrected chi connectivity index (χ3v) is 4.26. The van der Waals surface area contributed by atoms with Crippen LogP contribution in [0.25, 0.3) is 0 Å². The van der Waals surface area contributed by atoms with E-state index in [2.05, 4.69) is 10.2 Å². The van der Waals surface area contributed by atoms with Crippen LogP contribution in [0.1, 0.15) is 20.8 Å². The van der Waals surface area contributed by atoms with E-state index in [4.69, 9.17) is 10.8 Å². The number of hydrogen-bond acceptors (Lipinski definition) is 5. The second-order valence-corrected chi connectivity index (χ2v) is 5.18. The molecular weight excluding hydrogens is 238 g/mol. The molecule has 1 aromatic rings. The molecule has 6 heteroatoms. The van der Waals surface area contributed by atoms with E-state index in [1.807, 2.05) is 0 Å². The van der Waals surface area contributed by atoms with Crippen molar-refractivity contribution in [1.82, 2.24) is 4.90 Å². The van der Waals surface area contributed by atoms with Gasteiger partial charge in [0.05, 0.1) is 12.2 Å². The fraction of sp³-hybridized carbons (Fsp3) is 0.545. The van der Waals surface area contributed by atoms with Gasteiger partial charge in [-0.15, -0.1) is 11.3 Å². The van der Waals surface area contributed by atoms with Crippen molar-refractivity contribution in [3.63, 3.8) is 0 Å². The summed E-state index contributed by atoms with van der Waals surface area (Å²) < 4.78 is 0. The van der Waals surface area contributed by atoms with Crippen molar-refractivity contribution in [3.05, 3.63) is 16.0 Å². The largest absolute Gasteiger partial charge is 0.395 e. The molecule has 2 heterocycles. The molecule has 17 heavy (non-hydrogen) atoms. The number of nitrogens with zero attached hydrogens (tertiary/aromatic N) is 1. The van der Waals surface area contributed by atoms with Crippen LogP contribution in [0.5, 0.6) is 0 Å². The minimum absolute atomic E-state index is 0.169. The van der Waals surface area contributed by atoms with E-state index < -0.39 is 0 Å². The molecule has 94 valence electrons. The SMILES string of the molecule is CNc1sc2c(c1C(N)=O)CCN(CCO)C2. The summed E-state index contributed by atoms with van der Waals surface area (Å²) in [5.74, 6) is -0.359. The van der Waals surface area contributed by atoms with Crippen molar-refractivity contribution >= 4 is 22.2 Å². The van der Waals surface area contributed by atoms with Crippen LogP contribution in [0.4, 0.5) is 5.00 Å². The summed E-state index contributed by atoms with van der Waals surface area (Å²) >= 11 is 1.58. The highest BCUT2D eigenvalue weighted by Gasteiger charge is 2.26. The first-order valence-corrected chi connectivity index (χ1v) is 6.44. The number of hydrogen-bond donors (Lipinski definition) is 3. The average molecular weight is 255 g/mol. The van der Waals surface area contributed by atoms with Crippen LogP contribution in [0.2, 0.25) is 0 Å².